The predicted octanol–water partition coefficient (Wildman–Crippen LogP) is 2.90. The molecule has 2 rings (SSSR count). The van der Waals surface area contributed by atoms with E-state index in [-0.39, 0.29) is 15.7 Å². The summed E-state index contributed by atoms with van der Waals surface area (Å²) in [6.45, 7) is 1.82. The Morgan fingerprint density at radius 1 is 1.17 bits per heavy atom. The number of pyridine rings is 1. The van der Waals surface area contributed by atoms with Gasteiger partial charge in [0, 0.05) is 6.54 Å². The van der Waals surface area contributed by atoms with Crippen molar-refractivity contribution >= 4 is 33.1 Å². The molecule has 0 fully saturated rings. The molecule has 0 amide bonds. The van der Waals surface area contributed by atoms with Crippen molar-refractivity contribution in [3.8, 4) is 0 Å². The molecule has 0 saturated carbocycles. The average molecular weight is 369 g/mol. The topological polar surface area (TPSA) is 74.3 Å². The zero-order valence-corrected chi connectivity index (χ0v) is 15.2. The van der Waals surface area contributed by atoms with Gasteiger partial charge in [0.05, 0.1) is 16.9 Å². The molecule has 24 heavy (non-hydrogen) atoms. The quantitative estimate of drug-likeness (QED) is 0.701. The van der Waals surface area contributed by atoms with Crippen molar-refractivity contribution in [3.63, 3.8) is 0 Å². The Kier molecular flexibility index (Phi) is 6.42. The fourth-order valence-electron chi connectivity index (χ4n) is 2.04. The summed E-state index contributed by atoms with van der Waals surface area (Å²) in [4.78, 5) is 6.27. The van der Waals surface area contributed by atoms with Crippen LogP contribution in [0.4, 0.5) is 11.5 Å². The molecule has 0 bridgehead atoms. The minimum atomic E-state index is -3.76. The van der Waals surface area contributed by atoms with Gasteiger partial charge in [0.2, 0.25) is 0 Å². The maximum absolute atomic E-state index is 12.3. The smallest absolute Gasteiger partial charge is 0.264 e. The fourth-order valence-corrected chi connectivity index (χ4v) is 3.57. The van der Waals surface area contributed by atoms with Crippen LogP contribution in [-0.2, 0) is 10.0 Å². The Balaban J connectivity index is 1.97. The van der Waals surface area contributed by atoms with E-state index in [9.17, 15) is 8.42 Å². The number of rotatable bonds is 8. The molecule has 0 atom stereocenters. The number of hydrogen-bond acceptors (Lipinski definition) is 5. The lowest BCUT2D eigenvalue weighted by Crippen LogP contribution is -2.16. The van der Waals surface area contributed by atoms with Crippen molar-refractivity contribution < 1.29 is 8.42 Å². The number of anilines is 2. The highest BCUT2D eigenvalue weighted by Crippen LogP contribution is 2.22. The van der Waals surface area contributed by atoms with Gasteiger partial charge in [-0.3, -0.25) is 4.72 Å². The van der Waals surface area contributed by atoms with Gasteiger partial charge in [-0.15, -0.1) is 0 Å². The summed E-state index contributed by atoms with van der Waals surface area (Å²) < 4.78 is 27.1. The van der Waals surface area contributed by atoms with Crippen molar-refractivity contribution in [2.24, 2.45) is 0 Å². The van der Waals surface area contributed by atoms with E-state index < -0.39 is 10.0 Å². The van der Waals surface area contributed by atoms with Crippen LogP contribution in [0.25, 0.3) is 0 Å². The summed E-state index contributed by atoms with van der Waals surface area (Å²) in [5.74, 6) is 0.244. The van der Waals surface area contributed by atoms with Gasteiger partial charge in [-0.2, -0.15) is 0 Å². The Labute approximate surface area is 147 Å². The molecular weight excluding hydrogens is 348 g/mol. The molecular formula is C16H21ClN4O2S. The molecule has 1 aromatic carbocycles. The third-order valence-electron chi connectivity index (χ3n) is 3.24. The SMILES string of the molecule is CN(C)CCCNc1ccc(NS(=O)(=O)c2ccccc2Cl)nc1. The maximum Gasteiger partial charge on any atom is 0.264 e. The lowest BCUT2D eigenvalue weighted by atomic mass is 10.3. The molecule has 2 aromatic rings. The number of nitrogens with zero attached hydrogens (tertiary/aromatic N) is 2. The van der Waals surface area contributed by atoms with Crippen LogP contribution in [0.1, 0.15) is 6.42 Å². The highest BCUT2D eigenvalue weighted by Gasteiger charge is 2.17. The molecule has 0 aliphatic rings. The second kappa shape index (κ2) is 8.32. The molecule has 0 aliphatic heterocycles. The van der Waals surface area contributed by atoms with Crippen LogP contribution < -0.4 is 10.0 Å². The minimum absolute atomic E-state index is 0.0272. The Hall–Kier alpha value is -1.83. The first-order chi connectivity index (χ1) is 11.4. The van der Waals surface area contributed by atoms with Crippen LogP contribution in [0.15, 0.2) is 47.5 Å². The molecule has 130 valence electrons. The minimum Gasteiger partial charge on any atom is -0.384 e. The first-order valence-electron chi connectivity index (χ1n) is 7.50. The molecule has 1 heterocycles. The van der Waals surface area contributed by atoms with Gasteiger partial charge in [0.25, 0.3) is 10.0 Å². The zero-order chi connectivity index (χ0) is 17.6. The van der Waals surface area contributed by atoms with Crippen LogP contribution >= 0.6 is 11.6 Å². The van der Waals surface area contributed by atoms with Gasteiger partial charge in [-0.05, 0) is 51.3 Å². The summed E-state index contributed by atoms with van der Waals surface area (Å²) in [6, 6.07) is 9.68. The zero-order valence-electron chi connectivity index (χ0n) is 13.7. The van der Waals surface area contributed by atoms with Gasteiger partial charge >= 0.3 is 0 Å². The Bertz CT molecular complexity index is 764. The van der Waals surface area contributed by atoms with Crippen LogP contribution in [0.5, 0.6) is 0 Å². The van der Waals surface area contributed by atoms with E-state index in [1.165, 1.54) is 12.1 Å². The van der Waals surface area contributed by atoms with Crippen molar-refractivity contribution in [2.45, 2.75) is 11.3 Å². The van der Waals surface area contributed by atoms with Gasteiger partial charge < -0.3 is 10.2 Å². The number of benzene rings is 1. The van der Waals surface area contributed by atoms with Crippen LogP contribution in [0.2, 0.25) is 5.02 Å². The monoisotopic (exact) mass is 368 g/mol. The molecule has 0 radical (unpaired) electrons. The first-order valence-corrected chi connectivity index (χ1v) is 9.36. The summed E-state index contributed by atoms with van der Waals surface area (Å²) in [7, 11) is 0.301. The lowest BCUT2D eigenvalue weighted by molar-refractivity contribution is 0.405. The van der Waals surface area contributed by atoms with Crippen LogP contribution in [0.3, 0.4) is 0 Å². The van der Waals surface area contributed by atoms with Crippen molar-refractivity contribution in [2.75, 3.05) is 37.2 Å². The van der Waals surface area contributed by atoms with Gasteiger partial charge in [0.15, 0.2) is 0 Å². The van der Waals surface area contributed by atoms with Crippen molar-refractivity contribution in [1.82, 2.24) is 9.88 Å². The van der Waals surface area contributed by atoms with E-state index >= 15 is 0 Å². The van der Waals surface area contributed by atoms with E-state index in [1.54, 1.807) is 30.5 Å². The fraction of sp³-hybridized carbons (Fsp3) is 0.312. The maximum atomic E-state index is 12.3. The number of sulfonamides is 1. The molecule has 1 aromatic heterocycles. The number of hydrogen-bond donors (Lipinski definition) is 2. The third-order valence-corrected chi connectivity index (χ3v) is 5.09. The number of nitrogens with one attached hydrogen (secondary N) is 2. The predicted molar refractivity (Wildman–Crippen MR) is 98.2 cm³/mol. The van der Waals surface area contributed by atoms with Crippen LogP contribution in [0, 0.1) is 0 Å². The van der Waals surface area contributed by atoms with Gasteiger partial charge in [-0.25, -0.2) is 13.4 Å². The van der Waals surface area contributed by atoms with E-state index in [0.29, 0.717) is 0 Å². The lowest BCUT2D eigenvalue weighted by Gasteiger charge is -2.11. The van der Waals surface area contributed by atoms with E-state index in [4.69, 9.17) is 11.6 Å². The molecule has 0 aliphatic carbocycles. The first kappa shape index (κ1) is 18.5. The van der Waals surface area contributed by atoms with Crippen molar-refractivity contribution in [1.29, 1.82) is 0 Å². The Morgan fingerprint density at radius 3 is 2.54 bits per heavy atom. The second-order valence-corrected chi connectivity index (χ2v) is 7.61. The molecule has 0 saturated heterocycles. The van der Waals surface area contributed by atoms with Crippen LogP contribution in [-0.4, -0.2) is 45.5 Å². The summed E-state index contributed by atoms with van der Waals surface area (Å²) >= 11 is 5.94. The summed E-state index contributed by atoms with van der Waals surface area (Å²) in [6.07, 6.45) is 2.61. The molecule has 8 heteroatoms. The molecule has 2 N–H and O–H groups in total. The van der Waals surface area contributed by atoms with E-state index in [1.807, 2.05) is 14.1 Å². The average Bonchev–Trinajstić information content (AvgIpc) is 2.53. The van der Waals surface area contributed by atoms with Crippen molar-refractivity contribution in [3.05, 3.63) is 47.6 Å². The highest BCUT2D eigenvalue weighted by molar-refractivity contribution is 7.92. The molecule has 6 nitrogen and oxygen atoms in total. The van der Waals surface area contributed by atoms with E-state index in [0.717, 1.165) is 25.2 Å². The normalized spacial score (nSPS) is 11.5. The third kappa shape index (κ3) is 5.36. The Morgan fingerprint density at radius 2 is 1.92 bits per heavy atom. The standard InChI is InChI=1S/C16H21ClN4O2S/c1-21(2)11-5-10-18-13-8-9-16(19-12-13)20-24(22,23)15-7-4-3-6-14(15)17/h3-4,6-9,12,18H,5,10-11H2,1-2H3,(H,19,20). The summed E-state index contributed by atoms with van der Waals surface area (Å²) in [5, 5.41) is 3.41. The number of halogens is 1. The second-order valence-electron chi connectivity index (χ2n) is 5.55. The van der Waals surface area contributed by atoms with E-state index in [2.05, 4.69) is 19.9 Å². The molecule has 0 unspecified atom stereocenters. The van der Waals surface area contributed by atoms with Gasteiger partial charge in [0.1, 0.15) is 10.7 Å². The largest absolute Gasteiger partial charge is 0.384 e. The van der Waals surface area contributed by atoms with Gasteiger partial charge in [-0.1, -0.05) is 23.7 Å². The highest BCUT2D eigenvalue weighted by atomic mass is 35.5. The molecule has 0 spiro atoms. The number of aromatic nitrogens is 1. The summed E-state index contributed by atoms with van der Waals surface area (Å²) in [5.41, 5.74) is 0.842.